The number of hydrogen-bond donors (Lipinski definition) is 1. The van der Waals surface area contributed by atoms with Crippen LogP contribution in [0.2, 0.25) is 0 Å². The minimum atomic E-state index is -0.871. The number of quaternary nitrogens is 1. The number of carbonyl (C=O) groups excluding carboxylic acids is 2. The van der Waals surface area contributed by atoms with Crippen molar-refractivity contribution in [2.45, 2.75) is 276 Å². The normalized spacial score (nSPS) is 13.0. The molecule has 0 spiro atoms. The molecule has 376 valence electrons. The number of carbonyl (C=O) groups is 3. The molecule has 0 saturated carbocycles. The van der Waals surface area contributed by atoms with Gasteiger partial charge in [-0.2, -0.15) is 0 Å². The van der Waals surface area contributed by atoms with Crippen LogP contribution in [0.5, 0.6) is 0 Å². The Hall–Kier alpha value is -2.19. The average Bonchev–Trinajstić information content (AvgIpc) is 3.26. The molecule has 0 aromatic heterocycles. The fourth-order valence-electron chi connectivity index (χ4n) is 8.36. The smallest absolute Gasteiger partial charge is 0.362 e. The van der Waals surface area contributed by atoms with Crippen LogP contribution in [0.25, 0.3) is 0 Å². The van der Waals surface area contributed by atoms with Gasteiger partial charge in [0.15, 0.2) is 12.1 Å². The second-order valence-corrected chi connectivity index (χ2v) is 19.8. The van der Waals surface area contributed by atoms with E-state index in [2.05, 4.69) is 38.2 Å². The molecule has 1 N–H and O–H groups in total. The van der Waals surface area contributed by atoms with E-state index >= 15 is 0 Å². The Bertz CT molecular complexity index is 1100. The number of esters is 2. The summed E-state index contributed by atoms with van der Waals surface area (Å²) in [6, 6.07) is -0.613. The minimum absolute atomic E-state index is 0.0461. The van der Waals surface area contributed by atoms with Crippen molar-refractivity contribution in [1.29, 1.82) is 0 Å². The minimum Gasteiger partial charge on any atom is -0.477 e. The first kappa shape index (κ1) is 61.8. The molecule has 64 heavy (non-hydrogen) atoms. The Morgan fingerprint density at radius 1 is 0.469 bits per heavy atom. The molecular formula is C56H106NO7+. The molecule has 2 atom stereocenters. The number of likely N-dealkylation sites (N-methyl/N-ethyl adjacent to an activating group) is 1. The van der Waals surface area contributed by atoms with Crippen LogP contribution in [0.1, 0.15) is 264 Å². The maximum absolute atomic E-state index is 12.8. The molecule has 0 aliphatic rings. The van der Waals surface area contributed by atoms with E-state index < -0.39 is 18.1 Å². The monoisotopic (exact) mass is 905 g/mol. The molecule has 0 radical (unpaired) electrons. The van der Waals surface area contributed by atoms with Crippen molar-refractivity contribution in [3.05, 3.63) is 24.3 Å². The zero-order chi connectivity index (χ0) is 47.0. The third-order valence-corrected chi connectivity index (χ3v) is 12.6. The fourth-order valence-corrected chi connectivity index (χ4v) is 8.36. The summed E-state index contributed by atoms with van der Waals surface area (Å²) in [6.07, 6.45) is 55.1. The van der Waals surface area contributed by atoms with Crippen LogP contribution in [-0.2, 0) is 28.6 Å². The number of carboxylic acid groups (broad SMARTS) is 1. The average molecular weight is 905 g/mol. The number of ether oxygens (including phenoxy) is 3. The van der Waals surface area contributed by atoms with Crippen LogP contribution < -0.4 is 0 Å². The summed E-state index contributed by atoms with van der Waals surface area (Å²) in [6.45, 7) is 4.77. The van der Waals surface area contributed by atoms with Gasteiger partial charge in [-0.3, -0.25) is 9.59 Å². The summed E-state index contributed by atoms with van der Waals surface area (Å²) >= 11 is 0. The number of aliphatic carboxylic acids is 1. The van der Waals surface area contributed by atoms with E-state index in [0.717, 1.165) is 44.9 Å². The van der Waals surface area contributed by atoms with Crippen molar-refractivity contribution < 1.29 is 38.2 Å². The molecule has 0 fully saturated rings. The van der Waals surface area contributed by atoms with Gasteiger partial charge in [-0.05, 0) is 44.9 Å². The molecule has 0 aliphatic carbocycles. The molecule has 0 bridgehead atoms. The molecule has 0 aromatic rings. The zero-order valence-corrected chi connectivity index (χ0v) is 43.0. The predicted octanol–water partition coefficient (Wildman–Crippen LogP) is 16.0. The van der Waals surface area contributed by atoms with Gasteiger partial charge < -0.3 is 23.8 Å². The van der Waals surface area contributed by atoms with Gasteiger partial charge in [0.2, 0.25) is 0 Å². The second-order valence-electron chi connectivity index (χ2n) is 19.8. The molecule has 0 rings (SSSR count). The van der Waals surface area contributed by atoms with Crippen molar-refractivity contribution >= 4 is 17.9 Å². The van der Waals surface area contributed by atoms with E-state index in [1.54, 1.807) is 0 Å². The number of unbranched alkanes of at least 4 members (excludes halogenated alkanes) is 32. The van der Waals surface area contributed by atoms with E-state index in [4.69, 9.17) is 14.2 Å². The SMILES string of the molecule is CCCCCCC/C=C\C/C=C\CCCCCCCCCCCCCC(=O)OC(COCCC(C(=O)O)[N+](C)(C)C)COC(=O)CCCCCCCCCCCCCCCCCCC. The van der Waals surface area contributed by atoms with Crippen molar-refractivity contribution in [2.75, 3.05) is 41.0 Å². The molecule has 8 nitrogen and oxygen atoms in total. The van der Waals surface area contributed by atoms with Crippen molar-refractivity contribution in [3.8, 4) is 0 Å². The summed E-state index contributed by atoms with van der Waals surface area (Å²) in [7, 11) is 5.55. The van der Waals surface area contributed by atoms with E-state index in [1.807, 2.05) is 21.1 Å². The van der Waals surface area contributed by atoms with Gasteiger partial charge in [0.25, 0.3) is 0 Å². The number of rotatable bonds is 50. The van der Waals surface area contributed by atoms with Crippen LogP contribution in [0.4, 0.5) is 0 Å². The summed E-state index contributed by atoms with van der Waals surface area (Å²) in [5, 5.41) is 9.66. The first-order valence-electron chi connectivity index (χ1n) is 27.4. The van der Waals surface area contributed by atoms with E-state index in [1.165, 1.54) is 186 Å². The summed E-state index contributed by atoms with van der Waals surface area (Å²) in [5.74, 6) is -1.45. The summed E-state index contributed by atoms with van der Waals surface area (Å²) in [4.78, 5) is 37.2. The Morgan fingerprint density at radius 2 is 0.828 bits per heavy atom. The largest absolute Gasteiger partial charge is 0.477 e. The standard InChI is InChI=1S/C56H105NO7/c1-6-8-10-12-14-16-18-20-22-24-25-26-27-28-29-31-33-35-37-39-41-43-45-47-55(59)64-52(50-62-49-48-53(56(60)61)57(3,4)5)51-63-54(58)46-44-42-40-38-36-34-32-30-23-21-19-17-15-13-11-9-7-2/h18,20,24-25,52-53H,6-17,19,21-23,26-51H2,1-5H3/p+1/b20-18-,25-24-. The zero-order valence-electron chi connectivity index (χ0n) is 43.0. The van der Waals surface area contributed by atoms with E-state index in [0.29, 0.717) is 19.3 Å². The van der Waals surface area contributed by atoms with Crippen LogP contribution in [0.3, 0.4) is 0 Å². The first-order valence-corrected chi connectivity index (χ1v) is 27.4. The van der Waals surface area contributed by atoms with Crippen molar-refractivity contribution in [2.24, 2.45) is 0 Å². The maximum Gasteiger partial charge on any atom is 0.362 e. The highest BCUT2D eigenvalue weighted by molar-refractivity contribution is 5.72. The Morgan fingerprint density at radius 3 is 1.20 bits per heavy atom. The maximum atomic E-state index is 12.8. The van der Waals surface area contributed by atoms with Gasteiger partial charge in [0.1, 0.15) is 6.61 Å². The molecular weight excluding hydrogens is 799 g/mol. The van der Waals surface area contributed by atoms with Crippen LogP contribution in [0.15, 0.2) is 24.3 Å². The third kappa shape index (κ3) is 45.0. The van der Waals surface area contributed by atoms with E-state index in [-0.39, 0.29) is 36.2 Å². The molecule has 2 unspecified atom stereocenters. The summed E-state index contributed by atoms with van der Waals surface area (Å²) < 4.78 is 17.4. The van der Waals surface area contributed by atoms with Crippen molar-refractivity contribution in [1.82, 2.24) is 0 Å². The summed E-state index contributed by atoms with van der Waals surface area (Å²) in [5.41, 5.74) is 0. The van der Waals surface area contributed by atoms with E-state index in [9.17, 15) is 19.5 Å². The van der Waals surface area contributed by atoms with Gasteiger partial charge in [-0.25, -0.2) is 4.79 Å². The van der Waals surface area contributed by atoms with Gasteiger partial charge in [0.05, 0.1) is 34.4 Å². The van der Waals surface area contributed by atoms with Crippen LogP contribution in [0, 0.1) is 0 Å². The van der Waals surface area contributed by atoms with Gasteiger partial charge in [-0.1, -0.05) is 224 Å². The molecule has 8 heteroatoms. The van der Waals surface area contributed by atoms with Crippen molar-refractivity contribution in [3.63, 3.8) is 0 Å². The number of carboxylic acids is 1. The van der Waals surface area contributed by atoms with Crippen LogP contribution >= 0.6 is 0 Å². The topological polar surface area (TPSA) is 99.1 Å². The van der Waals surface area contributed by atoms with Gasteiger partial charge >= 0.3 is 17.9 Å². The highest BCUT2D eigenvalue weighted by Crippen LogP contribution is 2.17. The second kappa shape index (κ2) is 47.3. The molecule has 0 saturated heterocycles. The first-order chi connectivity index (χ1) is 31.1. The Labute approximate surface area is 396 Å². The van der Waals surface area contributed by atoms with Gasteiger partial charge in [-0.15, -0.1) is 0 Å². The number of nitrogens with zero attached hydrogens (tertiary/aromatic N) is 1. The number of allylic oxidation sites excluding steroid dienone is 4. The van der Waals surface area contributed by atoms with Gasteiger partial charge in [0, 0.05) is 19.3 Å². The number of hydrogen-bond acceptors (Lipinski definition) is 6. The molecule has 0 aliphatic heterocycles. The Balaban J connectivity index is 4.17. The molecule has 0 aromatic carbocycles. The lowest BCUT2D eigenvalue weighted by molar-refractivity contribution is -0.887. The lowest BCUT2D eigenvalue weighted by Crippen LogP contribution is -2.50. The lowest BCUT2D eigenvalue weighted by Gasteiger charge is -2.31. The lowest BCUT2D eigenvalue weighted by atomic mass is 10.0. The molecule has 0 heterocycles. The Kier molecular flexibility index (Phi) is 45.7. The quantitative estimate of drug-likeness (QED) is 0.0281. The molecule has 0 amide bonds. The highest BCUT2D eigenvalue weighted by Gasteiger charge is 2.31. The van der Waals surface area contributed by atoms with Crippen LogP contribution in [-0.4, -0.2) is 80.6 Å². The highest BCUT2D eigenvalue weighted by atomic mass is 16.6. The third-order valence-electron chi connectivity index (χ3n) is 12.6. The predicted molar refractivity (Wildman–Crippen MR) is 271 cm³/mol. The fraction of sp³-hybridized carbons (Fsp3) is 0.875.